The lowest BCUT2D eigenvalue weighted by Gasteiger charge is -2.26. The average molecular weight is 327 g/mol. The Labute approximate surface area is 143 Å². The zero-order chi connectivity index (χ0) is 17.1. The highest BCUT2D eigenvalue weighted by Gasteiger charge is 2.33. The summed E-state index contributed by atoms with van der Waals surface area (Å²) in [6.07, 6.45) is 3.90. The van der Waals surface area contributed by atoms with E-state index in [1.807, 2.05) is 36.2 Å². The Morgan fingerprint density at radius 1 is 1.38 bits per heavy atom. The third-order valence-electron chi connectivity index (χ3n) is 4.67. The number of carbonyl (C=O) groups is 1. The van der Waals surface area contributed by atoms with Gasteiger partial charge >= 0.3 is 0 Å². The Balaban J connectivity index is 1.89. The van der Waals surface area contributed by atoms with Crippen molar-refractivity contribution < 1.29 is 9.53 Å². The van der Waals surface area contributed by atoms with E-state index in [2.05, 4.69) is 18.1 Å². The van der Waals surface area contributed by atoms with Crippen LogP contribution >= 0.6 is 0 Å². The molecule has 0 saturated carbocycles. The third kappa shape index (κ3) is 3.03. The van der Waals surface area contributed by atoms with Gasteiger partial charge in [-0.2, -0.15) is 5.10 Å². The summed E-state index contributed by atoms with van der Waals surface area (Å²) in [5.41, 5.74) is 2.73. The fraction of sp³-hybridized carbons (Fsp3) is 0.474. The number of methoxy groups -OCH3 is 1. The molecule has 0 unspecified atom stereocenters. The molecule has 0 spiro atoms. The monoisotopic (exact) mass is 327 g/mol. The maximum Gasteiger partial charge on any atom is 0.272 e. The van der Waals surface area contributed by atoms with Gasteiger partial charge in [-0.1, -0.05) is 31.5 Å². The summed E-state index contributed by atoms with van der Waals surface area (Å²) in [5, 5.41) is 4.47. The van der Waals surface area contributed by atoms with Crippen molar-refractivity contribution in [3.05, 3.63) is 47.3 Å². The van der Waals surface area contributed by atoms with Gasteiger partial charge in [-0.3, -0.25) is 9.48 Å². The molecular weight excluding hydrogens is 302 g/mol. The highest BCUT2D eigenvalue weighted by molar-refractivity contribution is 5.93. The number of para-hydroxylation sites is 1. The quantitative estimate of drug-likeness (QED) is 0.846. The number of aryl methyl sites for hydroxylation is 2. The number of hydrogen-bond donors (Lipinski definition) is 0. The minimum Gasteiger partial charge on any atom is -0.496 e. The van der Waals surface area contributed by atoms with Crippen LogP contribution in [-0.4, -0.2) is 34.2 Å². The second-order valence-electron chi connectivity index (χ2n) is 6.29. The Morgan fingerprint density at radius 2 is 2.17 bits per heavy atom. The van der Waals surface area contributed by atoms with Gasteiger partial charge in [0.15, 0.2) is 0 Å². The Kier molecular flexibility index (Phi) is 4.88. The number of amides is 1. The van der Waals surface area contributed by atoms with E-state index in [4.69, 9.17) is 4.74 Å². The van der Waals surface area contributed by atoms with Crippen molar-refractivity contribution in [1.29, 1.82) is 0 Å². The molecule has 1 amide bonds. The summed E-state index contributed by atoms with van der Waals surface area (Å²) in [5.74, 6) is 0.902. The largest absolute Gasteiger partial charge is 0.496 e. The van der Waals surface area contributed by atoms with Gasteiger partial charge in [-0.05, 0) is 31.4 Å². The van der Waals surface area contributed by atoms with Crippen LogP contribution in [0.3, 0.4) is 0 Å². The predicted molar refractivity (Wildman–Crippen MR) is 93.2 cm³/mol. The average Bonchev–Trinajstić information content (AvgIpc) is 3.21. The Bertz CT molecular complexity index is 723. The molecular formula is C19H25N3O2. The molecule has 0 aliphatic carbocycles. The third-order valence-corrected chi connectivity index (χ3v) is 4.67. The molecule has 1 atom stereocenters. The molecule has 1 saturated heterocycles. The van der Waals surface area contributed by atoms with Crippen molar-refractivity contribution in [3.8, 4) is 5.75 Å². The summed E-state index contributed by atoms with van der Waals surface area (Å²) in [6.45, 7) is 2.89. The van der Waals surface area contributed by atoms with Crippen LogP contribution in [0.5, 0.6) is 5.75 Å². The topological polar surface area (TPSA) is 47.4 Å². The lowest BCUT2D eigenvalue weighted by molar-refractivity contribution is 0.0723. The zero-order valence-corrected chi connectivity index (χ0v) is 14.7. The van der Waals surface area contributed by atoms with E-state index in [9.17, 15) is 4.79 Å². The van der Waals surface area contributed by atoms with Gasteiger partial charge in [0.2, 0.25) is 0 Å². The van der Waals surface area contributed by atoms with E-state index in [-0.39, 0.29) is 11.9 Å². The summed E-state index contributed by atoms with van der Waals surface area (Å²) in [4.78, 5) is 15.1. The number of hydrogen-bond acceptors (Lipinski definition) is 3. The van der Waals surface area contributed by atoms with Gasteiger partial charge < -0.3 is 9.64 Å². The second-order valence-corrected chi connectivity index (χ2v) is 6.29. The van der Waals surface area contributed by atoms with Crippen molar-refractivity contribution in [3.63, 3.8) is 0 Å². The van der Waals surface area contributed by atoms with Gasteiger partial charge in [0.05, 0.1) is 18.8 Å². The minimum atomic E-state index is 0.0563. The predicted octanol–water partition coefficient (Wildman–Crippen LogP) is 3.36. The number of likely N-dealkylation sites (tertiary alicyclic amines) is 1. The molecule has 0 bridgehead atoms. The zero-order valence-electron chi connectivity index (χ0n) is 14.7. The van der Waals surface area contributed by atoms with Crippen molar-refractivity contribution in [2.45, 2.75) is 38.6 Å². The first-order chi connectivity index (χ1) is 11.7. The molecule has 5 nitrogen and oxygen atoms in total. The van der Waals surface area contributed by atoms with Crippen molar-refractivity contribution in [2.24, 2.45) is 7.05 Å². The van der Waals surface area contributed by atoms with E-state index in [0.29, 0.717) is 5.69 Å². The van der Waals surface area contributed by atoms with Crippen molar-refractivity contribution in [1.82, 2.24) is 14.7 Å². The molecule has 24 heavy (non-hydrogen) atoms. The fourth-order valence-electron chi connectivity index (χ4n) is 3.53. The minimum absolute atomic E-state index is 0.0563. The van der Waals surface area contributed by atoms with E-state index in [0.717, 1.165) is 49.2 Å². The molecule has 1 aliphatic rings. The maximum absolute atomic E-state index is 13.1. The summed E-state index contributed by atoms with van der Waals surface area (Å²) >= 11 is 0. The summed E-state index contributed by atoms with van der Waals surface area (Å²) < 4.78 is 7.21. The van der Waals surface area contributed by atoms with Gasteiger partial charge in [-0.15, -0.1) is 0 Å². The van der Waals surface area contributed by atoms with Crippen LogP contribution in [-0.2, 0) is 13.5 Å². The van der Waals surface area contributed by atoms with Crippen molar-refractivity contribution >= 4 is 5.91 Å². The molecule has 1 fully saturated rings. The Hall–Kier alpha value is -2.30. The first kappa shape index (κ1) is 16.6. The highest BCUT2D eigenvalue weighted by Crippen LogP contribution is 2.37. The molecule has 3 rings (SSSR count). The van der Waals surface area contributed by atoms with Crippen LogP contribution in [0, 0.1) is 0 Å². The molecule has 2 heterocycles. The number of carbonyl (C=O) groups excluding carboxylic acids is 1. The molecule has 1 aliphatic heterocycles. The van der Waals surface area contributed by atoms with E-state index in [1.165, 1.54) is 0 Å². The van der Waals surface area contributed by atoms with Gasteiger partial charge in [-0.25, -0.2) is 0 Å². The molecule has 2 aromatic rings. The number of rotatable bonds is 5. The van der Waals surface area contributed by atoms with E-state index >= 15 is 0 Å². The van der Waals surface area contributed by atoms with Gasteiger partial charge in [0, 0.05) is 19.2 Å². The van der Waals surface area contributed by atoms with Gasteiger partial charge in [0.1, 0.15) is 11.4 Å². The number of ether oxygens (including phenoxy) is 1. The molecule has 5 heteroatoms. The van der Waals surface area contributed by atoms with Crippen LogP contribution in [0.15, 0.2) is 30.3 Å². The van der Waals surface area contributed by atoms with E-state index in [1.54, 1.807) is 11.8 Å². The van der Waals surface area contributed by atoms with Crippen LogP contribution in [0.2, 0.25) is 0 Å². The van der Waals surface area contributed by atoms with Crippen LogP contribution in [0.25, 0.3) is 0 Å². The molecule has 1 aromatic heterocycles. The standard InChI is InChI=1S/C19H25N3O2/c1-4-8-14-13-17(21(2)20-14)19(23)22-12-7-10-16(22)15-9-5-6-11-18(15)24-3/h5-6,9,11,13,16H,4,7-8,10,12H2,1-3H3/t16-/m0/s1. The molecule has 0 radical (unpaired) electrons. The lowest BCUT2D eigenvalue weighted by atomic mass is 10.0. The number of nitrogens with zero attached hydrogens (tertiary/aromatic N) is 3. The van der Waals surface area contributed by atoms with Crippen LogP contribution in [0.4, 0.5) is 0 Å². The second kappa shape index (κ2) is 7.07. The van der Waals surface area contributed by atoms with Crippen molar-refractivity contribution in [2.75, 3.05) is 13.7 Å². The summed E-state index contributed by atoms with van der Waals surface area (Å²) in [6, 6.07) is 9.98. The normalized spacial score (nSPS) is 17.3. The molecule has 1 aromatic carbocycles. The Morgan fingerprint density at radius 3 is 2.92 bits per heavy atom. The number of aromatic nitrogens is 2. The molecule has 128 valence electrons. The number of benzene rings is 1. The first-order valence-electron chi connectivity index (χ1n) is 8.62. The summed E-state index contributed by atoms with van der Waals surface area (Å²) in [7, 11) is 3.53. The SMILES string of the molecule is CCCc1cc(C(=O)N2CCC[C@H]2c2ccccc2OC)n(C)n1. The lowest BCUT2D eigenvalue weighted by Crippen LogP contribution is -2.32. The highest BCUT2D eigenvalue weighted by atomic mass is 16.5. The molecule has 0 N–H and O–H groups in total. The van der Waals surface area contributed by atoms with Crippen LogP contribution < -0.4 is 4.74 Å². The van der Waals surface area contributed by atoms with Crippen LogP contribution in [0.1, 0.15) is 54.0 Å². The maximum atomic E-state index is 13.1. The van der Waals surface area contributed by atoms with E-state index < -0.39 is 0 Å². The first-order valence-corrected chi connectivity index (χ1v) is 8.62. The smallest absolute Gasteiger partial charge is 0.272 e. The van der Waals surface area contributed by atoms with Gasteiger partial charge in [0.25, 0.3) is 5.91 Å². The fourth-order valence-corrected chi connectivity index (χ4v) is 3.53.